The molecule has 2 aromatic rings. The first-order chi connectivity index (χ1) is 22.5. The highest BCUT2D eigenvalue weighted by atomic mass is 35.5. The molecule has 0 aliphatic rings. The number of amides is 1. The van der Waals surface area contributed by atoms with E-state index < -0.39 is 61.4 Å². The van der Waals surface area contributed by atoms with Gasteiger partial charge in [0.2, 0.25) is 0 Å². The van der Waals surface area contributed by atoms with Crippen molar-refractivity contribution < 1.29 is 43.3 Å². The molecule has 0 saturated carbocycles. The van der Waals surface area contributed by atoms with E-state index >= 15 is 0 Å². The molecule has 49 heavy (non-hydrogen) atoms. The molecule has 0 unspecified atom stereocenters. The molecule has 0 aromatic heterocycles. The van der Waals surface area contributed by atoms with Gasteiger partial charge in [0.1, 0.15) is 0 Å². The Hall–Kier alpha value is -2.86. The second-order valence-electron chi connectivity index (χ2n) is 11.3. The molecule has 13 nitrogen and oxygen atoms in total. The normalized spacial score (nSPS) is 12.1. The minimum absolute atomic E-state index is 0.0297. The highest BCUT2D eigenvalue weighted by molar-refractivity contribution is 7.94. The Kier molecular flexibility index (Phi) is 16.6. The molecule has 0 bridgehead atoms. The van der Waals surface area contributed by atoms with Gasteiger partial charge in [-0.25, -0.2) is 33.7 Å². The van der Waals surface area contributed by atoms with Crippen LogP contribution in [0.25, 0.3) is 0 Å². The Morgan fingerprint density at radius 2 is 0.980 bits per heavy atom. The lowest BCUT2D eigenvalue weighted by Crippen LogP contribution is -2.24. The lowest BCUT2D eigenvalue weighted by molar-refractivity contribution is 0.100. The molecule has 0 fully saturated rings. The van der Waals surface area contributed by atoms with Crippen LogP contribution in [-0.4, -0.2) is 74.8 Å². The maximum absolute atomic E-state index is 12.7. The molecule has 2 rings (SSSR count). The molecule has 0 heterocycles. The summed E-state index contributed by atoms with van der Waals surface area (Å²) >= 11 is 5.49. The van der Waals surface area contributed by atoms with E-state index in [-0.39, 0.29) is 37.3 Å². The van der Waals surface area contributed by atoms with Crippen LogP contribution in [0.4, 0.5) is 0 Å². The molecular weight excluding hydrogens is 738 g/mol. The highest BCUT2D eigenvalue weighted by Gasteiger charge is 2.28. The number of rotatable bonds is 16. The van der Waals surface area contributed by atoms with E-state index in [0.29, 0.717) is 36.8 Å². The van der Waals surface area contributed by atoms with Gasteiger partial charge in [-0.05, 0) is 72.7 Å². The summed E-state index contributed by atoms with van der Waals surface area (Å²) in [5.41, 5.74) is 11.2. The monoisotopic (exact) mass is 783 g/mol. The van der Waals surface area contributed by atoms with Crippen LogP contribution in [0.1, 0.15) is 98.1 Å². The number of unbranched alkanes of at least 4 members (excludes halogenated alkanes) is 4. The van der Waals surface area contributed by atoms with Crippen LogP contribution >= 0.6 is 11.6 Å². The quantitative estimate of drug-likeness (QED) is 0.106. The second kappa shape index (κ2) is 18.4. The number of carbonyl (C=O) groups is 2. The van der Waals surface area contributed by atoms with Crippen molar-refractivity contribution in [2.45, 2.75) is 98.6 Å². The molecule has 0 radical (unpaired) electrons. The van der Waals surface area contributed by atoms with Crippen molar-refractivity contribution in [2.24, 2.45) is 16.5 Å². The van der Waals surface area contributed by atoms with Crippen LogP contribution in [0.2, 0.25) is 0 Å². The minimum Gasteiger partial charge on any atom is -0.370 e. The van der Waals surface area contributed by atoms with Crippen LogP contribution in [0.3, 0.4) is 0 Å². The van der Waals surface area contributed by atoms with Gasteiger partial charge >= 0.3 is 0 Å². The minimum atomic E-state index is -3.90. The summed E-state index contributed by atoms with van der Waals surface area (Å²) in [6.07, 6.45) is 6.53. The van der Waals surface area contributed by atoms with Gasteiger partial charge in [0.15, 0.2) is 45.3 Å². The number of nitrogens with two attached hydrogens (primary N) is 2. The summed E-state index contributed by atoms with van der Waals surface area (Å²) in [6.45, 7) is 7.35. The molecule has 0 saturated heterocycles. The van der Waals surface area contributed by atoms with Gasteiger partial charge < -0.3 is 11.5 Å². The van der Waals surface area contributed by atoms with E-state index in [4.69, 9.17) is 23.1 Å². The molecule has 0 spiro atoms. The summed E-state index contributed by atoms with van der Waals surface area (Å²) in [6, 6.07) is 4.65. The average Bonchev–Trinajstić information content (AvgIpc) is 2.98. The Bertz CT molecular complexity index is 2010. The molecule has 276 valence electrons. The average molecular weight is 784 g/mol. The van der Waals surface area contributed by atoms with E-state index in [1.165, 1.54) is 12.1 Å². The summed E-state index contributed by atoms with van der Waals surface area (Å²) in [7, 11) is -15.3. The number of guanidine groups is 1. The van der Waals surface area contributed by atoms with Gasteiger partial charge in [0, 0.05) is 23.6 Å². The number of aliphatic imine (C=N–C) groups is 1. The zero-order chi connectivity index (χ0) is 38.0. The predicted octanol–water partition coefficient (Wildman–Crippen LogP) is 4.03. The van der Waals surface area contributed by atoms with Crippen molar-refractivity contribution in [3.63, 3.8) is 0 Å². The first kappa shape index (κ1) is 44.2. The first-order valence-electron chi connectivity index (χ1n) is 15.5. The van der Waals surface area contributed by atoms with Crippen LogP contribution in [-0.2, 0) is 52.2 Å². The van der Waals surface area contributed by atoms with Crippen molar-refractivity contribution in [3.05, 3.63) is 46.5 Å². The number of hydrogen-bond acceptors (Lipinski definition) is 10. The van der Waals surface area contributed by atoms with Crippen molar-refractivity contribution in [1.29, 1.82) is 0 Å². The number of benzene rings is 2. The SMILES string of the molecule is CCCCCS(=O)(=O)c1cc(CC)c(C(=O)Cl)cc1S(C)(=O)=O.CCCCCS(=O)(=O)c1cc(CC)c(C(=O)N=C(N)N)cc1S(C)(=O)=O. The Morgan fingerprint density at radius 1 is 0.612 bits per heavy atom. The number of nitrogens with zero attached hydrogens (tertiary/aromatic N) is 1. The molecule has 0 aliphatic carbocycles. The lowest BCUT2D eigenvalue weighted by atomic mass is 10.0. The summed E-state index contributed by atoms with van der Waals surface area (Å²) in [5.74, 6) is -1.56. The van der Waals surface area contributed by atoms with Crippen LogP contribution in [0, 0.1) is 0 Å². The number of sulfone groups is 4. The van der Waals surface area contributed by atoms with Crippen molar-refractivity contribution in [1.82, 2.24) is 0 Å². The lowest BCUT2D eigenvalue weighted by Gasteiger charge is -2.14. The maximum Gasteiger partial charge on any atom is 0.280 e. The number of halogens is 1. The van der Waals surface area contributed by atoms with Crippen LogP contribution in [0.15, 0.2) is 48.8 Å². The highest BCUT2D eigenvalue weighted by Crippen LogP contribution is 2.30. The zero-order valence-electron chi connectivity index (χ0n) is 28.6. The van der Waals surface area contributed by atoms with Crippen molar-refractivity contribution >= 4 is 68.1 Å². The van der Waals surface area contributed by atoms with Gasteiger partial charge in [-0.15, -0.1) is 0 Å². The Morgan fingerprint density at radius 3 is 1.29 bits per heavy atom. The van der Waals surface area contributed by atoms with Crippen molar-refractivity contribution in [3.8, 4) is 0 Å². The third-order valence-electron chi connectivity index (χ3n) is 7.28. The van der Waals surface area contributed by atoms with E-state index in [2.05, 4.69) is 4.99 Å². The van der Waals surface area contributed by atoms with Gasteiger partial charge in [-0.1, -0.05) is 53.4 Å². The fourth-order valence-corrected chi connectivity index (χ4v) is 11.1. The largest absolute Gasteiger partial charge is 0.370 e. The van der Waals surface area contributed by atoms with E-state index in [9.17, 15) is 43.3 Å². The van der Waals surface area contributed by atoms with Gasteiger partial charge in [0.25, 0.3) is 11.1 Å². The molecular formula is C31H46ClN3O10S4. The second-order valence-corrected chi connectivity index (χ2v) is 19.8. The molecule has 1 amide bonds. The first-order valence-corrected chi connectivity index (χ1v) is 23.0. The molecule has 0 atom stereocenters. The van der Waals surface area contributed by atoms with Gasteiger partial charge in [0.05, 0.1) is 31.1 Å². The number of aryl methyl sites for hydroxylation is 2. The van der Waals surface area contributed by atoms with Crippen molar-refractivity contribution in [2.75, 3.05) is 24.0 Å². The third kappa shape index (κ3) is 12.8. The number of hydrogen-bond donors (Lipinski definition) is 2. The standard InChI is InChI=1S/C16H25N3O5S2.C15H21ClO5S2/c1-4-6-7-8-26(23,24)14-9-11(5-2)12(15(20)19-16(17)18)10-13(14)25(3,21)22;1-4-6-7-8-23(20,21)14-9-11(5-2)12(15(16)17)10-13(14)22(3,18)19/h9-10H,4-8H2,1-3H3,(H4,17,18,19,20);9-10H,4-8H2,1-3H3. The fourth-order valence-electron chi connectivity index (χ4n) is 4.72. The van der Waals surface area contributed by atoms with Gasteiger partial charge in [-0.2, -0.15) is 4.99 Å². The van der Waals surface area contributed by atoms with E-state index in [0.717, 1.165) is 50.3 Å². The molecule has 18 heteroatoms. The Balaban J connectivity index is 0.000000494. The summed E-state index contributed by atoms with van der Waals surface area (Å²) in [5, 5.41) is -0.804. The third-order valence-corrected chi connectivity index (χ3v) is 13.7. The van der Waals surface area contributed by atoms with E-state index in [1.807, 2.05) is 13.8 Å². The maximum atomic E-state index is 12.7. The molecule has 4 N–H and O–H groups in total. The summed E-state index contributed by atoms with van der Waals surface area (Å²) in [4.78, 5) is 25.8. The van der Waals surface area contributed by atoms with Crippen LogP contribution < -0.4 is 11.5 Å². The smallest absolute Gasteiger partial charge is 0.280 e. The fraction of sp³-hybridized carbons (Fsp3) is 0.516. The topological polar surface area (TPSA) is 235 Å². The number of carbonyl (C=O) groups excluding carboxylic acids is 2. The summed E-state index contributed by atoms with van der Waals surface area (Å²) < 4.78 is 98.8. The van der Waals surface area contributed by atoms with Gasteiger partial charge in [-0.3, -0.25) is 9.59 Å². The van der Waals surface area contributed by atoms with E-state index in [1.54, 1.807) is 13.8 Å². The van der Waals surface area contributed by atoms with Crippen LogP contribution in [0.5, 0.6) is 0 Å². The zero-order valence-corrected chi connectivity index (χ0v) is 32.6. The Labute approximate surface area is 295 Å². The molecule has 0 aliphatic heterocycles. The molecule has 2 aromatic carbocycles. The predicted molar refractivity (Wildman–Crippen MR) is 191 cm³/mol.